The second-order valence-electron chi connectivity index (χ2n) is 5.75. The minimum Gasteiger partial charge on any atom is -0.489 e. The number of ether oxygens (including phenoxy) is 1. The largest absolute Gasteiger partial charge is 0.489 e. The van der Waals surface area contributed by atoms with Gasteiger partial charge in [0.25, 0.3) is 11.8 Å². The fourth-order valence-electron chi connectivity index (χ4n) is 2.69. The molecule has 29 heavy (non-hydrogen) atoms. The molecule has 0 unspecified atom stereocenters. The molecule has 1 aliphatic rings. The SMILES string of the molecule is COc1c(Br)cc(/C=C2\C(=O)NC(=O)N(c3cccc(Br)c3)C2=O)cc1[N+](=O)[O-]. The number of hydrogen-bond acceptors (Lipinski definition) is 6. The summed E-state index contributed by atoms with van der Waals surface area (Å²) in [6.45, 7) is 0. The molecular weight excluding hydrogens is 514 g/mol. The Morgan fingerprint density at radius 3 is 2.52 bits per heavy atom. The predicted molar refractivity (Wildman–Crippen MR) is 110 cm³/mol. The van der Waals surface area contributed by atoms with E-state index in [1.54, 1.807) is 18.2 Å². The molecule has 4 amide bonds. The molecule has 0 aliphatic carbocycles. The zero-order chi connectivity index (χ0) is 21.3. The van der Waals surface area contributed by atoms with Crippen molar-refractivity contribution in [2.24, 2.45) is 0 Å². The van der Waals surface area contributed by atoms with Crippen LogP contribution in [-0.4, -0.2) is 29.9 Å². The molecule has 1 N–H and O–H groups in total. The molecule has 1 heterocycles. The van der Waals surface area contributed by atoms with E-state index >= 15 is 0 Å². The molecule has 1 fully saturated rings. The van der Waals surface area contributed by atoms with Gasteiger partial charge in [-0.25, -0.2) is 9.69 Å². The zero-order valence-electron chi connectivity index (χ0n) is 14.6. The number of barbiturate groups is 1. The molecule has 9 nitrogen and oxygen atoms in total. The third kappa shape index (κ3) is 4.05. The summed E-state index contributed by atoms with van der Waals surface area (Å²) >= 11 is 6.43. The average molecular weight is 525 g/mol. The van der Waals surface area contributed by atoms with E-state index in [-0.39, 0.29) is 32.7 Å². The predicted octanol–water partition coefficient (Wildman–Crippen LogP) is 3.79. The molecule has 148 valence electrons. The summed E-state index contributed by atoms with van der Waals surface area (Å²) in [4.78, 5) is 48.8. The molecule has 0 atom stereocenters. The minimum absolute atomic E-state index is 0.00233. The average Bonchev–Trinajstić information content (AvgIpc) is 2.64. The fourth-order valence-corrected chi connectivity index (χ4v) is 3.71. The summed E-state index contributed by atoms with van der Waals surface area (Å²) in [5, 5.41) is 13.4. The summed E-state index contributed by atoms with van der Waals surface area (Å²) in [5.74, 6) is -1.75. The highest BCUT2D eigenvalue weighted by atomic mass is 79.9. The van der Waals surface area contributed by atoms with E-state index in [2.05, 4.69) is 37.2 Å². The van der Waals surface area contributed by atoms with Crippen LogP contribution >= 0.6 is 31.9 Å². The second kappa shape index (κ2) is 8.13. The van der Waals surface area contributed by atoms with Crippen LogP contribution in [0.2, 0.25) is 0 Å². The van der Waals surface area contributed by atoms with E-state index in [4.69, 9.17) is 4.74 Å². The van der Waals surface area contributed by atoms with Crippen LogP contribution in [0.4, 0.5) is 16.2 Å². The maximum absolute atomic E-state index is 12.9. The number of imide groups is 2. The molecule has 11 heteroatoms. The lowest BCUT2D eigenvalue weighted by atomic mass is 10.1. The number of nitro benzene ring substituents is 1. The van der Waals surface area contributed by atoms with Gasteiger partial charge in [0.15, 0.2) is 0 Å². The number of carbonyl (C=O) groups is 3. The molecule has 3 rings (SSSR count). The standard InChI is InChI=1S/C18H11Br2N3O6/c1-29-15-13(20)6-9(7-14(15)23(27)28)5-12-16(24)21-18(26)22(17(12)25)11-4-2-3-10(19)8-11/h2-8H,1H3,(H,21,24,26)/b12-5+. The van der Waals surface area contributed by atoms with Crippen LogP contribution in [0.3, 0.4) is 0 Å². The van der Waals surface area contributed by atoms with Crippen LogP contribution in [0.25, 0.3) is 6.08 Å². The number of amides is 4. The van der Waals surface area contributed by atoms with E-state index in [0.717, 1.165) is 11.0 Å². The quantitative estimate of drug-likeness (QED) is 0.281. The number of hydrogen-bond donors (Lipinski definition) is 1. The monoisotopic (exact) mass is 523 g/mol. The highest BCUT2D eigenvalue weighted by Gasteiger charge is 2.37. The molecule has 0 saturated carbocycles. The first-order valence-corrected chi connectivity index (χ1v) is 9.50. The van der Waals surface area contributed by atoms with Gasteiger partial charge in [-0.3, -0.25) is 25.0 Å². The smallest absolute Gasteiger partial charge is 0.335 e. The van der Waals surface area contributed by atoms with Gasteiger partial charge in [-0.05, 0) is 51.8 Å². The van der Waals surface area contributed by atoms with E-state index in [1.165, 1.54) is 25.3 Å². The number of rotatable bonds is 4. The normalized spacial score (nSPS) is 15.5. The molecule has 1 saturated heterocycles. The van der Waals surface area contributed by atoms with Crippen LogP contribution in [0.1, 0.15) is 5.56 Å². The van der Waals surface area contributed by atoms with E-state index in [9.17, 15) is 24.5 Å². The van der Waals surface area contributed by atoms with E-state index < -0.39 is 22.8 Å². The van der Waals surface area contributed by atoms with Gasteiger partial charge < -0.3 is 4.74 Å². The number of carbonyl (C=O) groups excluding carboxylic acids is 3. The van der Waals surface area contributed by atoms with Gasteiger partial charge in [-0.2, -0.15) is 0 Å². The van der Waals surface area contributed by atoms with Gasteiger partial charge >= 0.3 is 11.7 Å². The summed E-state index contributed by atoms with van der Waals surface area (Å²) in [6.07, 6.45) is 1.17. The Morgan fingerprint density at radius 2 is 1.90 bits per heavy atom. The highest BCUT2D eigenvalue weighted by molar-refractivity contribution is 9.10. The van der Waals surface area contributed by atoms with Gasteiger partial charge in [-0.1, -0.05) is 22.0 Å². The van der Waals surface area contributed by atoms with Crippen LogP contribution < -0.4 is 15.0 Å². The first-order valence-electron chi connectivity index (χ1n) is 7.92. The number of methoxy groups -OCH3 is 1. The number of halogens is 2. The summed E-state index contributed by atoms with van der Waals surface area (Å²) in [6, 6.07) is 8.15. The van der Waals surface area contributed by atoms with Crippen molar-refractivity contribution in [3.05, 3.63) is 66.6 Å². The topological polar surface area (TPSA) is 119 Å². The van der Waals surface area contributed by atoms with Gasteiger partial charge in [-0.15, -0.1) is 0 Å². The second-order valence-corrected chi connectivity index (χ2v) is 7.52. The molecule has 2 aromatic carbocycles. The number of benzene rings is 2. The van der Waals surface area contributed by atoms with Crippen molar-refractivity contribution >= 4 is 67.2 Å². The lowest BCUT2D eigenvalue weighted by molar-refractivity contribution is -0.385. The number of nitrogens with one attached hydrogen (secondary N) is 1. The Morgan fingerprint density at radius 1 is 1.17 bits per heavy atom. The highest BCUT2D eigenvalue weighted by Crippen LogP contribution is 2.37. The lowest BCUT2D eigenvalue weighted by Gasteiger charge is -2.26. The summed E-state index contributed by atoms with van der Waals surface area (Å²) in [5.41, 5.74) is -0.248. The first-order chi connectivity index (χ1) is 13.7. The first kappa shape index (κ1) is 20.7. The fraction of sp³-hybridized carbons (Fsp3) is 0.0556. The van der Waals surface area contributed by atoms with Crippen LogP contribution in [0, 0.1) is 10.1 Å². The molecule has 0 aromatic heterocycles. The molecule has 0 bridgehead atoms. The maximum Gasteiger partial charge on any atom is 0.335 e. The minimum atomic E-state index is -0.902. The molecule has 0 spiro atoms. The van der Waals surface area contributed by atoms with Crippen molar-refractivity contribution in [3.63, 3.8) is 0 Å². The van der Waals surface area contributed by atoms with Crippen LogP contribution in [0.5, 0.6) is 5.75 Å². The molecular formula is C18H11Br2N3O6. The summed E-state index contributed by atoms with van der Waals surface area (Å²) in [7, 11) is 1.28. The van der Waals surface area contributed by atoms with Crippen LogP contribution in [0.15, 0.2) is 50.9 Å². The molecule has 0 radical (unpaired) electrons. The third-order valence-electron chi connectivity index (χ3n) is 3.93. The summed E-state index contributed by atoms with van der Waals surface area (Å²) < 4.78 is 5.91. The van der Waals surface area contributed by atoms with Gasteiger partial charge in [0.2, 0.25) is 5.75 Å². The Balaban J connectivity index is 2.09. The van der Waals surface area contributed by atoms with Crippen molar-refractivity contribution in [3.8, 4) is 5.75 Å². The zero-order valence-corrected chi connectivity index (χ0v) is 17.8. The number of nitrogens with zero attached hydrogens (tertiary/aromatic N) is 2. The van der Waals surface area contributed by atoms with Crippen molar-refractivity contribution in [1.82, 2.24) is 5.32 Å². The number of nitro groups is 1. The van der Waals surface area contributed by atoms with Crippen LogP contribution in [-0.2, 0) is 9.59 Å². The number of anilines is 1. The Kier molecular flexibility index (Phi) is 5.80. The Bertz CT molecular complexity index is 1100. The molecule has 1 aliphatic heterocycles. The van der Waals surface area contributed by atoms with Crippen molar-refractivity contribution in [1.29, 1.82) is 0 Å². The molecule has 2 aromatic rings. The van der Waals surface area contributed by atoms with Crippen molar-refractivity contribution in [2.75, 3.05) is 12.0 Å². The Hall–Kier alpha value is -3.05. The van der Waals surface area contributed by atoms with Gasteiger partial charge in [0.1, 0.15) is 5.57 Å². The van der Waals surface area contributed by atoms with Gasteiger partial charge in [0, 0.05) is 10.5 Å². The van der Waals surface area contributed by atoms with Gasteiger partial charge in [0.05, 0.1) is 22.2 Å². The van der Waals surface area contributed by atoms with Crippen molar-refractivity contribution in [2.45, 2.75) is 0 Å². The maximum atomic E-state index is 12.9. The lowest BCUT2D eigenvalue weighted by Crippen LogP contribution is -2.54. The number of urea groups is 1. The van der Waals surface area contributed by atoms with E-state index in [0.29, 0.717) is 4.47 Å². The van der Waals surface area contributed by atoms with E-state index in [1.807, 2.05) is 0 Å². The Labute approximate surface area is 180 Å². The third-order valence-corrected chi connectivity index (χ3v) is 5.01. The van der Waals surface area contributed by atoms with Crippen molar-refractivity contribution < 1.29 is 24.0 Å².